The lowest BCUT2D eigenvalue weighted by molar-refractivity contribution is -0.143. The summed E-state index contributed by atoms with van der Waals surface area (Å²) in [6, 6.07) is 6.64. The SMILES string of the molecule is CNC(=O)NC(=O)COC(=O)/C=C/c1ccc(Br)cc1. The van der Waals surface area contributed by atoms with Crippen LogP contribution in [0, 0.1) is 0 Å². The predicted octanol–water partition coefficient (Wildman–Crippen LogP) is 1.46. The van der Waals surface area contributed by atoms with Gasteiger partial charge in [0.2, 0.25) is 0 Å². The van der Waals surface area contributed by atoms with Crippen molar-refractivity contribution >= 4 is 39.9 Å². The smallest absolute Gasteiger partial charge is 0.331 e. The van der Waals surface area contributed by atoms with Crippen LogP contribution in [0.5, 0.6) is 0 Å². The van der Waals surface area contributed by atoms with E-state index in [0.29, 0.717) is 0 Å². The van der Waals surface area contributed by atoms with Gasteiger partial charge in [0.05, 0.1) is 0 Å². The van der Waals surface area contributed by atoms with E-state index in [2.05, 4.69) is 26.0 Å². The van der Waals surface area contributed by atoms with E-state index in [1.165, 1.54) is 13.1 Å². The summed E-state index contributed by atoms with van der Waals surface area (Å²) in [4.78, 5) is 33.3. The lowest BCUT2D eigenvalue weighted by Crippen LogP contribution is -2.39. The molecule has 0 aliphatic heterocycles. The Balaban J connectivity index is 2.38. The summed E-state index contributed by atoms with van der Waals surface area (Å²) in [6.45, 7) is -0.517. The zero-order chi connectivity index (χ0) is 15.0. The topological polar surface area (TPSA) is 84.5 Å². The van der Waals surface area contributed by atoms with E-state index in [-0.39, 0.29) is 0 Å². The first kappa shape index (κ1) is 15.9. The number of hydrogen-bond donors (Lipinski definition) is 2. The van der Waals surface area contributed by atoms with Crippen LogP contribution in [0.2, 0.25) is 0 Å². The van der Waals surface area contributed by atoms with Crippen LogP contribution in [0.25, 0.3) is 6.08 Å². The Morgan fingerprint density at radius 3 is 2.50 bits per heavy atom. The molecule has 0 radical (unpaired) electrons. The van der Waals surface area contributed by atoms with Crippen molar-refractivity contribution in [3.8, 4) is 0 Å². The van der Waals surface area contributed by atoms with Gasteiger partial charge in [0.15, 0.2) is 6.61 Å². The Bertz CT molecular complexity index is 526. The first-order valence-electron chi connectivity index (χ1n) is 5.63. The fourth-order valence-electron chi connectivity index (χ4n) is 1.15. The number of rotatable bonds is 4. The van der Waals surface area contributed by atoms with Gasteiger partial charge < -0.3 is 10.1 Å². The molecule has 106 valence electrons. The van der Waals surface area contributed by atoms with Crippen molar-refractivity contribution in [2.75, 3.05) is 13.7 Å². The van der Waals surface area contributed by atoms with Crippen LogP contribution in [0.1, 0.15) is 5.56 Å². The van der Waals surface area contributed by atoms with Crippen LogP contribution < -0.4 is 10.6 Å². The van der Waals surface area contributed by atoms with Crippen LogP contribution in [-0.4, -0.2) is 31.6 Å². The summed E-state index contributed by atoms with van der Waals surface area (Å²) in [5.74, 6) is -1.37. The first-order chi connectivity index (χ1) is 9.51. The number of esters is 1. The zero-order valence-electron chi connectivity index (χ0n) is 10.7. The molecular formula is C13H13BrN2O4. The molecular weight excluding hydrogens is 328 g/mol. The van der Waals surface area contributed by atoms with Crippen molar-refractivity contribution in [1.29, 1.82) is 0 Å². The molecule has 0 saturated heterocycles. The number of nitrogens with one attached hydrogen (secondary N) is 2. The molecule has 0 aliphatic carbocycles. The normalized spacial score (nSPS) is 10.1. The molecule has 0 saturated carbocycles. The largest absolute Gasteiger partial charge is 0.452 e. The second-order valence-electron chi connectivity index (χ2n) is 3.62. The van der Waals surface area contributed by atoms with E-state index in [1.54, 1.807) is 6.08 Å². The van der Waals surface area contributed by atoms with Gasteiger partial charge in [0.1, 0.15) is 0 Å². The number of urea groups is 1. The van der Waals surface area contributed by atoms with Crippen LogP contribution in [0.4, 0.5) is 4.79 Å². The predicted molar refractivity (Wildman–Crippen MR) is 76.7 cm³/mol. The second kappa shape index (κ2) is 8.11. The minimum atomic E-state index is -0.699. The monoisotopic (exact) mass is 340 g/mol. The quantitative estimate of drug-likeness (QED) is 0.642. The number of halogens is 1. The Morgan fingerprint density at radius 1 is 1.25 bits per heavy atom. The number of carbonyl (C=O) groups excluding carboxylic acids is 3. The molecule has 0 bridgehead atoms. The number of carbonyl (C=O) groups is 3. The van der Waals surface area contributed by atoms with Gasteiger partial charge in [0, 0.05) is 17.6 Å². The van der Waals surface area contributed by atoms with Gasteiger partial charge in [-0.3, -0.25) is 10.1 Å². The van der Waals surface area contributed by atoms with Crippen molar-refractivity contribution in [3.63, 3.8) is 0 Å². The van der Waals surface area contributed by atoms with Crippen molar-refractivity contribution in [3.05, 3.63) is 40.4 Å². The van der Waals surface area contributed by atoms with Gasteiger partial charge in [0.25, 0.3) is 5.91 Å². The molecule has 0 spiro atoms. The maximum atomic E-state index is 11.3. The molecule has 7 heteroatoms. The highest BCUT2D eigenvalue weighted by Gasteiger charge is 2.07. The number of hydrogen-bond acceptors (Lipinski definition) is 4. The van der Waals surface area contributed by atoms with E-state index >= 15 is 0 Å². The molecule has 1 rings (SSSR count). The molecule has 20 heavy (non-hydrogen) atoms. The van der Waals surface area contributed by atoms with Crippen molar-refractivity contribution in [1.82, 2.24) is 10.6 Å². The fraction of sp³-hybridized carbons (Fsp3) is 0.154. The van der Waals surface area contributed by atoms with Gasteiger partial charge >= 0.3 is 12.0 Å². The Kier molecular flexibility index (Phi) is 6.45. The molecule has 0 aliphatic rings. The maximum Gasteiger partial charge on any atom is 0.331 e. The second-order valence-corrected chi connectivity index (χ2v) is 4.54. The average molecular weight is 341 g/mol. The van der Waals surface area contributed by atoms with Crippen LogP contribution in [0.15, 0.2) is 34.8 Å². The van der Waals surface area contributed by atoms with Crippen molar-refractivity contribution in [2.45, 2.75) is 0 Å². The highest BCUT2D eigenvalue weighted by atomic mass is 79.9. The first-order valence-corrected chi connectivity index (χ1v) is 6.42. The van der Waals surface area contributed by atoms with Gasteiger partial charge in [-0.25, -0.2) is 9.59 Å². The summed E-state index contributed by atoms with van der Waals surface area (Å²) in [5.41, 5.74) is 0.819. The summed E-state index contributed by atoms with van der Waals surface area (Å²) < 4.78 is 5.60. The summed E-state index contributed by atoms with van der Waals surface area (Å²) >= 11 is 3.30. The molecule has 0 unspecified atom stereocenters. The third kappa shape index (κ3) is 6.14. The zero-order valence-corrected chi connectivity index (χ0v) is 12.3. The molecule has 0 atom stereocenters. The van der Waals surface area contributed by atoms with E-state index in [9.17, 15) is 14.4 Å². The third-order valence-electron chi connectivity index (χ3n) is 2.11. The summed E-state index contributed by atoms with van der Waals surface area (Å²) in [7, 11) is 1.37. The van der Waals surface area contributed by atoms with Crippen LogP contribution in [-0.2, 0) is 14.3 Å². The summed E-state index contributed by atoms with van der Waals surface area (Å²) in [6.07, 6.45) is 2.77. The third-order valence-corrected chi connectivity index (χ3v) is 2.64. The van der Waals surface area contributed by atoms with Gasteiger partial charge in [-0.15, -0.1) is 0 Å². The number of ether oxygens (including phenoxy) is 1. The summed E-state index contributed by atoms with van der Waals surface area (Å²) in [5, 5.41) is 4.17. The van der Waals surface area contributed by atoms with E-state index in [0.717, 1.165) is 10.0 Å². The van der Waals surface area contributed by atoms with Crippen molar-refractivity contribution < 1.29 is 19.1 Å². The molecule has 6 nitrogen and oxygen atoms in total. The standard InChI is InChI=1S/C13H13BrN2O4/c1-15-13(19)16-11(17)8-20-12(18)7-4-9-2-5-10(14)6-3-9/h2-7H,8H2,1H3,(H2,15,16,17,19)/b7-4+. The average Bonchev–Trinajstić information content (AvgIpc) is 2.44. The molecule has 0 aromatic heterocycles. The number of imide groups is 1. The molecule has 2 N–H and O–H groups in total. The number of amides is 3. The van der Waals surface area contributed by atoms with E-state index in [4.69, 9.17) is 0 Å². The minimum absolute atomic E-state index is 0.517. The van der Waals surface area contributed by atoms with Crippen molar-refractivity contribution in [2.24, 2.45) is 0 Å². The van der Waals surface area contributed by atoms with Gasteiger partial charge in [-0.2, -0.15) is 0 Å². The van der Waals surface area contributed by atoms with E-state index < -0.39 is 24.5 Å². The minimum Gasteiger partial charge on any atom is -0.452 e. The lowest BCUT2D eigenvalue weighted by atomic mass is 10.2. The fourth-order valence-corrected chi connectivity index (χ4v) is 1.41. The maximum absolute atomic E-state index is 11.3. The highest BCUT2D eigenvalue weighted by Crippen LogP contribution is 2.11. The molecule has 3 amide bonds. The lowest BCUT2D eigenvalue weighted by Gasteiger charge is -2.03. The Hall–Kier alpha value is -2.15. The van der Waals surface area contributed by atoms with E-state index in [1.807, 2.05) is 29.6 Å². The van der Waals surface area contributed by atoms with Crippen LogP contribution >= 0.6 is 15.9 Å². The van der Waals surface area contributed by atoms with Gasteiger partial charge in [-0.05, 0) is 23.8 Å². The van der Waals surface area contributed by atoms with Crippen LogP contribution in [0.3, 0.4) is 0 Å². The molecule has 0 heterocycles. The molecule has 1 aromatic rings. The number of benzene rings is 1. The highest BCUT2D eigenvalue weighted by molar-refractivity contribution is 9.10. The molecule has 1 aromatic carbocycles. The Morgan fingerprint density at radius 2 is 1.90 bits per heavy atom. The Labute approximate surface area is 124 Å². The molecule has 0 fully saturated rings. The van der Waals surface area contributed by atoms with Gasteiger partial charge in [-0.1, -0.05) is 28.1 Å².